The van der Waals surface area contributed by atoms with E-state index in [2.05, 4.69) is 13.8 Å². The second-order valence-corrected chi connectivity index (χ2v) is 6.94. The average molecular weight is 320 g/mol. The standard InChI is InChI=1S/C16H32O6/c1-5-15(4,8-6-7-11(2)3)22-16(10-18)14(20)13(19)12(9-17)21-16/h11-14,17-20H,5-10H2,1-4H3/t12-,13-,14+,15+,16+/m1/s1. The largest absolute Gasteiger partial charge is 0.394 e. The van der Waals surface area contributed by atoms with Gasteiger partial charge < -0.3 is 29.9 Å². The zero-order valence-corrected chi connectivity index (χ0v) is 14.2. The Bertz CT molecular complexity index is 337. The van der Waals surface area contributed by atoms with E-state index in [1.54, 1.807) is 0 Å². The third-order valence-corrected chi connectivity index (χ3v) is 4.56. The number of hydrogen-bond donors (Lipinski definition) is 4. The van der Waals surface area contributed by atoms with E-state index in [0.29, 0.717) is 12.3 Å². The maximum absolute atomic E-state index is 10.2. The van der Waals surface area contributed by atoms with E-state index in [-0.39, 0.29) is 0 Å². The fourth-order valence-electron chi connectivity index (χ4n) is 2.85. The molecular formula is C16H32O6. The molecule has 1 saturated heterocycles. The maximum Gasteiger partial charge on any atom is 0.222 e. The molecule has 0 amide bonds. The molecule has 1 heterocycles. The van der Waals surface area contributed by atoms with Crippen molar-refractivity contribution in [2.75, 3.05) is 13.2 Å². The summed E-state index contributed by atoms with van der Waals surface area (Å²) in [6, 6.07) is 0. The highest BCUT2D eigenvalue weighted by atomic mass is 16.7. The summed E-state index contributed by atoms with van der Waals surface area (Å²) in [6.45, 7) is 7.18. The second kappa shape index (κ2) is 8.04. The lowest BCUT2D eigenvalue weighted by Gasteiger charge is -2.40. The zero-order valence-electron chi connectivity index (χ0n) is 14.2. The van der Waals surface area contributed by atoms with E-state index in [1.165, 1.54) is 0 Å². The van der Waals surface area contributed by atoms with E-state index in [0.717, 1.165) is 19.3 Å². The summed E-state index contributed by atoms with van der Waals surface area (Å²) >= 11 is 0. The van der Waals surface area contributed by atoms with Gasteiger partial charge in [-0.15, -0.1) is 0 Å². The molecule has 1 aliphatic rings. The van der Waals surface area contributed by atoms with Crippen molar-refractivity contribution in [1.29, 1.82) is 0 Å². The molecule has 0 bridgehead atoms. The van der Waals surface area contributed by atoms with Gasteiger partial charge in [-0.2, -0.15) is 0 Å². The quantitative estimate of drug-likeness (QED) is 0.501. The van der Waals surface area contributed by atoms with E-state index in [1.807, 2.05) is 13.8 Å². The third kappa shape index (κ3) is 4.40. The topological polar surface area (TPSA) is 99.4 Å². The Kier molecular flexibility index (Phi) is 7.23. The molecule has 0 radical (unpaired) electrons. The van der Waals surface area contributed by atoms with Crippen molar-refractivity contribution in [2.45, 2.75) is 83.1 Å². The molecule has 6 nitrogen and oxygen atoms in total. The summed E-state index contributed by atoms with van der Waals surface area (Å²) in [6.07, 6.45) is -0.164. The van der Waals surface area contributed by atoms with Crippen molar-refractivity contribution in [2.24, 2.45) is 5.92 Å². The average Bonchev–Trinajstić information content (AvgIpc) is 2.72. The van der Waals surface area contributed by atoms with Crippen LogP contribution in [0.5, 0.6) is 0 Å². The van der Waals surface area contributed by atoms with Crippen LogP contribution in [0.3, 0.4) is 0 Å². The second-order valence-electron chi connectivity index (χ2n) is 6.94. The molecule has 0 aliphatic carbocycles. The molecule has 5 atom stereocenters. The third-order valence-electron chi connectivity index (χ3n) is 4.56. The zero-order chi connectivity index (χ0) is 17.0. The Morgan fingerprint density at radius 1 is 1.27 bits per heavy atom. The van der Waals surface area contributed by atoms with Gasteiger partial charge >= 0.3 is 0 Å². The number of ether oxygens (including phenoxy) is 2. The first-order valence-electron chi connectivity index (χ1n) is 8.19. The number of aliphatic hydroxyl groups excluding tert-OH is 4. The minimum atomic E-state index is -1.69. The lowest BCUT2D eigenvalue weighted by molar-refractivity contribution is -0.318. The molecule has 6 heteroatoms. The van der Waals surface area contributed by atoms with Gasteiger partial charge in [-0.25, -0.2) is 0 Å². The van der Waals surface area contributed by atoms with Crippen molar-refractivity contribution in [1.82, 2.24) is 0 Å². The van der Waals surface area contributed by atoms with Crippen LogP contribution < -0.4 is 0 Å². The van der Waals surface area contributed by atoms with Crippen molar-refractivity contribution < 1.29 is 29.9 Å². The lowest BCUT2D eigenvalue weighted by Crippen LogP contribution is -2.53. The van der Waals surface area contributed by atoms with Gasteiger partial charge in [0.25, 0.3) is 0 Å². The highest BCUT2D eigenvalue weighted by Gasteiger charge is 2.57. The van der Waals surface area contributed by atoms with Crippen LogP contribution >= 0.6 is 0 Å². The van der Waals surface area contributed by atoms with Gasteiger partial charge in [-0.05, 0) is 25.7 Å². The number of aliphatic hydroxyl groups is 4. The minimum Gasteiger partial charge on any atom is -0.394 e. The van der Waals surface area contributed by atoms with Gasteiger partial charge in [0, 0.05) is 0 Å². The van der Waals surface area contributed by atoms with Gasteiger partial charge in [-0.1, -0.05) is 33.6 Å². The molecule has 0 aromatic heterocycles. The van der Waals surface area contributed by atoms with Gasteiger partial charge in [0.1, 0.15) is 24.9 Å². The molecule has 0 saturated carbocycles. The molecule has 1 rings (SSSR count). The molecule has 132 valence electrons. The van der Waals surface area contributed by atoms with E-state index in [4.69, 9.17) is 9.47 Å². The van der Waals surface area contributed by atoms with Crippen LogP contribution in [-0.2, 0) is 9.47 Å². The van der Waals surface area contributed by atoms with Gasteiger partial charge in [-0.3, -0.25) is 0 Å². The molecule has 4 N–H and O–H groups in total. The fourth-order valence-corrected chi connectivity index (χ4v) is 2.85. The van der Waals surface area contributed by atoms with Gasteiger partial charge in [0.05, 0.1) is 12.2 Å². The Morgan fingerprint density at radius 3 is 2.32 bits per heavy atom. The van der Waals surface area contributed by atoms with Crippen LogP contribution in [0.2, 0.25) is 0 Å². The first-order valence-corrected chi connectivity index (χ1v) is 8.19. The van der Waals surface area contributed by atoms with E-state index >= 15 is 0 Å². The first-order chi connectivity index (χ1) is 10.2. The summed E-state index contributed by atoms with van der Waals surface area (Å²) in [4.78, 5) is 0. The number of hydrogen-bond acceptors (Lipinski definition) is 6. The van der Waals surface area contributed by atoms with Gasteiger partial charge in [0.2, 0.25) is 5.79 Å². The predicted octanol–water partition coefficient (Wildman–Crippen LogP) is 0.799. The summed E-state index contributed by atoms with van der Waals surface area (Å²) in [5.74, 6) is -1.09. The molecular weight excluding hydrogens is 288 g/mol. The van der Waals surface area contributed by atoms with Crippen molar-refractivity contribution in [3.63, 3.8) is 0 Å². The van der Waals surface area contributed by atoms with E-state index in [9.17, 15) is 20.4 Å². The summed E-state index contributed by atoms with van der Waals surface area (Å²) < 4.78 is 11.5. The van der Waals surface area contributed by atoms with Crippen molar-refractivity contribution in [3.05, 3.63) is 0 Å². The first kappa shape index (κ1) is 19.8. The number of rotatable bonds is 9. The molecule has 1 fully saturated rings. The monoisotopic (exact) mass is 320 g/mol. The Hall–Kier alpha value is -0.240. The normalized spacial score (nSPS) is 35.0. The summed E-state index contributed by atoms with van der Waals surface area (Å²) in [7, 11) is 0. The lowest BCUT2D eigenvalue weighted by atomic mass is 9.92. The SMILES string of the molecule is CC[C@@](C)(CCCC(C)C)O[C@]1(CO)O[C@H](CO)[C@@H](O)[C@@H]1O. The van der Waals surface area contributed by atoms with Crippen molar-refractivity contribution in [3.8, 4) is 0 Å². The Morgan fingerprint density at radius 2 is 1.91 bits per heavy atom. The van der Waals surface area contributed by atoms with E-state index < -0.39 is 42.9 Å². The van der Waals surface area contributed by atoms with Crippen LogP contribution in [0.15, 0.2) is 0 Å². The highest BCUT2D eigenvalue weighted by molar-refractivity contribution is 4.98. The molecule has 0 spiro atoms. The van der Waals surface area contributed by atoms with Crippen LogP contribution in [0, 0.1) is 5.92 Å². The molecule has 22 heavy (non-hydrogen) atoms. The van der Waals surface area contributed by atoms with Crippen LogP contribution in [-0.4, -0.2) is 63.3 Å². The minimum absolute atomic E-state index is 0.445. The summed E-state index contributed by atoms with van der Waals surface area (Å²) in [5.41, 5.74) is -0.581. The van der Waals surface area contributed by atoms with Crippen molar-refractivity contribution >= 4 is 0 Å². The Balaban J connectivity index is 2.81. The Labute approximate surface area is 133 Å². The van der Waals surface area contributed by atoms with Crippen LogP contribution in [0.25, 0.3) is 0 Å². The predicted molar refractivity (Wildman–Crippen MR) is 82.3 cm³/mol. The van der Waals surface area contributed by atoms with Gasteiger partial charge in [0.15, 0.2) is 0 Å². The van der Waals surface area contributed by atoms with Crippen LogP contribution in [0.1, 0.15) is 53.4 Å². The highest BCUT2D eigenvalue weighted by Crippen LogP contribution is 2.38. The fraction of sp³-hybridized carbons (Fsp3) is 1.00. The maximum atomic E-state index is 10.2. The molecule has 1 aliphatic heterocycles. The summed E-state index contributed by atoms with van der Waals surface area (Å²) in [5, 5.41) is 39.0. The smallest absolute Gasteiger partial charge is 0.222 e. The molecule has 0 aromatic carbocycles. The molecule has 0 unspecified atom stereocenters. The molecule has 0 aromatic rings. The van der Waals surface area contributed by atoms with Crippen LogP contribution in [0.4, 0.5) is 0 Å².